The molecule has 0 radical (unpaired) electrons. The first-order valence-electron chi connectivity index (χ1n) is 7.01. The molecule has 3 nitrogen and oxygen atoms in total. The molecule has 3 heteroatoms. The summed E-state index contributed by atoms with van der Waals surface area (Å²) in [6, 6.07) is 8.25. The molecular weight excluding hydrogens is 224 g/mol. The smallest absolute Gasteiger partial charge is 0.115 e. The quantitative estimate of drug-likeness (QED) is 0.856. The first-order chi connectivity index (χ1) is 8.78. The number of nitrogens with zero attached hydrogens (tertiary/aromatic N) is 1. The van der Waals surface area contributed by atoms with Gasteiger partial charge in [-0.25, -0.2) is 0 Å². The fourth-order valence-corrected chi connectivity index (χ4v) is 3.55. The van der Waals surface area contributed by atoms with Crippen LogP contribution >= 0.6 is 0 Å². The molecular formula is C15H22N2O. The van der Waals surface area contributed by atoms with Crippen molar-refractivity contribution < 1.29 is 5.11 Å². The highest BCUT2D eigenvalue weighted by Crippen LogP contribution is 2.34. The van der Waals surface area contributed by atoms with Crippen molar-refractivity contribution in [2.75, 3.05) is 26.2 Å². The van der Waals surface area contributed by atoms with E-state index in [0.29, 0.717) is 11.8 Å². The van der Waals surface area contributed by atoms with Gasteiger partial charge in [0.25, 0.3) is 0 Å². The van der Waals surface area contributed by atoms with E-state index in [1.165, 1.54) is 31.7 Å². The molecule has 2 aliphatic rings. The van der Waals surface area contributed by atoms with E-state index in [-0.39, 0.29) is 0 Å². The minimum absolute atomic E-state index is 0.357. The Balaban J connectivity index is 1.75. The molecule has 0 amide bonds. The molecule has 3 atom stereocenters. The van der Waals surface area contributed by atoms with Crippen molar-refractivity contribution in [2.24, 2.45) is 11.8 Å². The second-order valence-corrected chi connectivity index (χ2v) is 5.65. The summed E-state index contributed by atoms with van der Waals surface area (Å²) in [7, 11) is 0. The first-order valence-corrected chi connectivity index (χ1v) is 7.01. The van der Waals surface area contributed by atoms with Crippen LogP contribution in [0.1, 0.15) is 24.9 Å². The zero-order valence-electron chi connectivity index (χ0n) is 11.0. The molecule has 0 aliphatic carbocycles. The van der Waals surface area contributed by atoms with Crippen LogP contribution in [0.2, 0.25) is 0 Å². The largest absolute Gasteiger partial charge is 0.508 e. The SMILES string of the molecule is CCC(c1ccc(O)cc1)N1CC2CNCC2C1. The Morgan fingerprint density at radius 1 is 1.22 bits per heavy atom. The number of rotatable bonds is 3. The molecule has 0 aromatic heterocycles. The minimum Gasteiger partial charge on any atom is -0.508 e. The fourth-order valence-electron chi connectivity index (χ4n) is 3.55. The van der Waals surface area contributed by atoms with Gasteiger partial charge in [-0.2, -0.15) is 0 Å². The van der Waals surface area contributed by atoms with Gasteiger partial charge in [0.15, 0.2) is 0 Å². The Hall–Kier alpha value is -1.06. The molecule has 0 saturated carbocycles. The molecule has 0 spiro atoms. The van der Waals surface area contributed by atoms with Crippen LogP contribution in [0.25, 0.3) is 0 Å². The van der Waals surface area contributed by atoms with Crippen LogP contribution in [0.5, 0.6) is 5.75 Å². The summed E-state index contributed by atoms with van der Waals surface area (Å²) in [5.41, 5.74) is 1.34. The number of benzene rings is 1. The fraction of sp³-hybridized carbons (Fsp3) is 0.600. The van der Waals surface area contributed by atoms with Crippen molar-refractivity contribution in [3.8, 4) is 5.75 Å². The lowest BCUT2D eigenvalue weighted by molar-refractivity contribution is 0.222. The van der Waals surface area contributed by atoms with E-state index >= 15 is 0 Å². The van der Waals surface area contributed by atoms with Crippen LogP contribution in [-0.4, -0.2) is 36.2 Å². The van der Waals surface area contributed by atoms with E-state index in [1.807, 2.05) is 0 Å². The maximum atomic E-state index is 9.39. The number of hydrogen-bond donors (Lipinski definition) is 2. The van der Waals surface area contributed by atoms with Crippen LogP contribution in [-0.2, 0) is 0 Å². The molecule has 2 fully saturated rings. The number of fused-ring (bicyclic) bond motifs is 1. The lowest BCUT2D eigenvalue weighted by atomic mass is 10.0. The number of hydrogen-bond acceptors (Lipinski definition) is 3. The third kappa shape index (κ3) is 2.13. The van der Waals surface area contributed by atoms with Crippen molar-refractivity contribution in [3.63, 3.8) is 0 Å². The highest BCUT2D eigenvalue weighted by atomic mass is 16.3. The third-order valence-electron chi connectivity index (χ3n) is 4.52. The van der Waals surface area contributed by atoms with Crippen molar-refractivity contribution in [1.82, 2.24) is 10.2 Å². The first kappa shape index (κ1) is 12.0. The summed E-state index contributed by atoms with van der Waals surface area (Å²) in [4.78, 5) is 2.63. The molecule has 0 bridgehead atoms. The van der Waals surface area contributed by atoms with Gasteiger partial charge in [-0.05, 0) is 49.0 Å². The third-order valence-corrected chi connectivity index (χ3v) is 4.52. The van der Waals surface area contributed by atoms with E-state index in [1.54, 1.807) is 12.1 Å². The van der Waals surface area contributed by atoms with Gasteiger partial charge in [-0.15, -0.1) is 0 Å². The molecule has 98 valence electrons. The van der Waals surface area contributed by atoms with E-state index in [4.69, 9.17) is 0 Å². The molecule has 1 aromatic carbocycles. The monoisotopic (exact) mass is 246 g/mol. The summed E-state index contributed by atoms with van der Waals surface area (Å²) in [5.74, 6) is 2.04. The molecule has 1 aromatic rings. The van der Waals surface area contributed by atoms with Gasteiger partial charge < -0.3 is 10.4 Å². The normalized spacial score (nSPS) is 29.4. The lowest BCUT2D eigenvalue weighted by Crippen LogP contribution is -2.29. The zero-order valence-corrected chi connectivity index (χ0v) is 11.0. The Kier molecular flexibility index (Phi) is 3.27. The summed E-state index contributed by atoms with van der Waals surface area (Å²) >= 11 is 0. The Labute approximate surface area is 109 Å². The second-order valence-electron chi connectivity index (χ2n) is 5.65. The summed E-state index contributed by atoms with van der Waals surface area (Å²) in [6.07, 6.45) is 1.14. The number of nitrogens with one attached hydrogen (secondary N) is 1. The topological polar surface area (TPSA) is 35.5 Å². The highest BCUT2D eigenvalue weighted by molar-refractivity contribution is 5.28. The average molecular weight is 246 g/mol. The van der Waals surface area contributed by atoms with Crippen molar-refractivity contribution in [2.45, 2.75) is 19.4 Å². The number of likely N-dealkylation sites (tertiary alicyclic amines) is 1. The van der Waals surface area contributed by atoms with E-state index in [0.717, 1.165) is 18.3 Å². The Bertz CT molecular complexity index is 391. The molecule has 2 heterocycles. The van der Waals surface area contributed by atoms with Crippen LogP contribution in [0.3, 0.4) is 0 Å². The lowest BCUT2D eigenvalue weighted by Gasteiger charge is -2.28. The zero-order chi connectivity index (χ0) is 12.5. The predicted molar refractivity (Wildman–Crippen MR) is 72.6 cm³/mol. The molecule has 2 aliphatic heterocycles. The molecule has 18 heavy (non-hydrogen) atoms. The average Bonchev–Trinajstić information content (AvgIpc) is 2.93. The predicted octanol–water partition coefficient (Wildman–Crippen LogP) is 1.99. The Morgan fingerprint density at radius 2 is 1.83 bits per heavy atom. The van der Waals surface area contributed by atoms with Gasteiger partial charge in [0.1, 0.15) is 5.75 Å². The van der Waals surface area contributed by atoms with Gasteiger partial charge >= 0.3 is 0 Å². The molecule has 3 rings (SSSR count). The van der Waals surface area contributed by atoms with Gasteiger partial charge in [0, 0.05) is 19.1 Å². The number of phenols is 1. The number of phenolic OH excluding ortho intramolecular Hbond substituents is 1. The van der Waals surface area contributed by atoms with Crippen LogP contribution in [0.15, 0.2) is 24.3 Å². The molecule has 3 unspecified atom stereocenters. The van der Waals surface area contributed by atoms with E-state index in [2.05, 4.69) is 29.3 Å². The number of aromatic hydroxyl groups is 1. The van der Waals surface area contributed by atoms with Crippen molar-refractivity contribution in [1.29, 1.82) is 0 Å². The van der Waals surface area contributed by atoms with Gasteiger partial charge in [-0.3, -0.25) is 4.90 Å². The summed E-state index contributed by atoms with van der Waals surface area (Å²) < 4.78 is 0. The minimum atomic E-state index is 0.357. The molecule has 2 saturated heterocycles. The van der Waals surface area contributed by atoms with Crippen LogP contribution in [0.4, 0.5) is 0 Å². The highest BCUT2D eigenvalue weighted by Gasteiger charge is 2.38. The summed E-state index contributed by atoms with van der Waals surface area (Å²) in [5, 5.41) is 12.9. The molecule has 2 N–H and O–H groups in total. The van der Waals surface area contributed by atoms with Crippen molar-refractivity contribution in [3.05, 3.63) is 29.8 Å². The van der Waals surface area contributed by atoms with E-state index in [9.17, 15) is 5.11 Å². The maximum absolute atomic E-state index is 9.39. The van der Waals surface area contributed by atoms with Gasteiger partial charge in [0.05, 0.1) is 0 Å². The Morgan fingerprint density at radius 3 is 2.39 bits per heavy atom. The van der Waals surface area contributed by atoms with Crippen LogP contribution < -0.4 is 5.32 Å². The van der Waals surface area contributed by atoms with Gasteiger partial charge in [-0.1, -0.05) is 19.1 Å². The van der Waals surface area contributed by atoms with E-state index < -0.39 is 0 Å². The van der Waals surface area contributed by atoms with Crippen LogP contribution in [0, 0.1) is 11.8 Å². The van der Waals surface area contributed by atoms with Gasteiger partial charge in [0.2, 0.25) is 0 Å². The van der Waals surface area contributed by atoms with Crippen molar-refractivity contribution >= 4 is 0 Å². The maximum Gasteiger partial charge on any atom is 0.115 e. The summed E-state index contributed by atoms with van der Waals surface area (Å²) in [6.45, 7) is 7.07. The standard InChI is InChI=1S/C15H22N2O/c1-2-15(11-3-5-14(18)6-4-11)17-9-12-7-16-8-13(12)10-17/h3-6,12-13,15-16,18H,2,7-10H2,1H3. The second kappa shape index (κ2) is 4.90.